The Kier molecular flexibility index (Phi) is 5.83. The molecule has 11 aromatic rings. The first kappa shape index (κ1) is 30.0. The number of para-hydroxylation sites is 2. The van der Waals surface area contributed by atoms with Crippen LogP contribution in [0.1, 0.15) is 22.3 Å². The van der Waals surface area contributed by atoms with Crippen LogP contribution >= 0.6 is 0 Å². The van der Waals surface area contributed by atoms with Crippen LogP contribution in [0.4, 0.5) is 0 Å². The maximum absolute atomic E-state index is 6.59. The van der Waals surface area contributed by atoms with E-state index in [1.807, 2.05) is 6.07 Å². The Balaban J connectivity index is 1.08. The highest BCUT2D eigenvalue weighted by Crippen LogP contribution is 2.63. The molecule has 0 amide bonds. The van der Waals surface area contributed by atoms with E-state index in [0.717, 1.165) is 54.9 Å². The molecule has 13 rings (SSSR count). The Hall–Kier alpha value is -7.36. The summed E-state index contributed by atoms with van der Waals surface area (Å²) in [5.41, 5.74) is 18.2. The van der Waals surface area contributed by atoms with Gasteiger partial charge in [-0.05, 0) is 96.2 Å². The Morgan fingerprint density at radius 3 is 1.61 bits per heavy atom. The molecule has 9 aromatic carbocycles. The van der Waals surface area contributed by atoms with E-state index < -0.39 is 5.41 Å². The summed E-state index contributed by atoms with van der Waals surface area (Å²) in [7, 11) is 0. The normalized spacial score (nSPS) is 13.5. The van der Waals surface area contributed by atoms with E-state index >= 15 is 0 Å². The molecule has 0 fully saturated rings. The van der Waals surface area contributed by atoms with Crippen LogP contribution in [-0.4, -0.2) is 9.97 Å². The smallest absolute Gasteiger partial charge is 0.143 e. The van der Waals surface area contributed by atoms with Gasteiger partial charge in [0.2, 0.25) is 0 Å². The molecule has 2 heterocycles. The van der Waals surface area contributed by atoms with Crippen molar-refractivity contribution in [2.75, 3.05) is 0 Å². The third-order valence-electron chi connectivity index (χ3n) is 12.6. The predicted octanol–water partition coefficient (Wildman–Crippen LogP) is 13.5. The van der Waals surface area contributed by atoms with Gasteiger partial charge in [0.05, 0.1) is 16.4 Å². The van der Waals surface area contributed by atoms with Crippen LogP contribution in [0.25, 0.3) is 99.0 Å². The third kappa shape index (κ3) is 3.76. The van der Waals surface area contributed by atoms with Crippen LogP contribution in [0.3, 0.4) is 0 Å². The summed E-state index contributed by atoms with van der Waals surface area (Å²) in [5, 5.41) is 6.89. The Morgan fingerprint density at radius 1 is 0.339 bits per heavy atom. The maximum atomic E-state index is 6.59. The number of fused-ring (bicyclic) bond motifs is 19. The minimum Gasteiger partial charge on any atom is -0.455 e. The molecular weight excluding hydrogens is 681 g/mol. The van der Waals surface area contributed by atoms with Gasteiger partial charge in [0.15, 0.2) is 0 Å². The van der Waals surface area contributed by atoms with Gasteiger partial charge in [-0.25, -0.2) is 0 Å². The molecule has 0 saturated heterocycles. The second kappa shape index (κ2) is 10.9. The van der Waals surface area contributed by atoms with Crippen molar-refractivity contribution in [2.24, 2.45) is 0 Å². The van der Waals surface area contributed by atoms with Crippen molar-refractivity contribution in [3.63, 3.8) is 0 Å². The first-order valence-electron chi connectivity index (χ1n) is 19.2. The average Bonchev–Trinajstić information content (AvgIpc) is 3.90. The van der Waals surface area contributed by atoms with Crippen LogP contribution in [0.15, 0.2) is 187 Å². The van der Waals surface area contributed by atoms with Crippen molar-refractivity contribution in [3.05, 3.63) is 205 Å². The van der Waals surface area contributed by atoms with Gasteiger partial charge in [-0.3, -0.25) is 9.97 Å². The van der Waals surface area contributed by atoms with Crippen LogP contribution in [-0.2, 0) is 5.41 Å². The number of benzene rings is 9. The van der Waals surface area contributed by atoms with Crippen LogP contribution in [0.5, 0.6) is 0 Å². The number of rotatable bonds is 2. The first-order chi connectivity index (χ1) is 27.8. The van der Waals surface area contributed by atoms with Crippen molar-refractivity contribution in [3.8, 4) is 44.5 Å². The van der Waals surface area contributed by atoms with Crippen molar-refractivity contribution < 1.29 is 4.42 Å². The van der Waals surface area contributed by atoms with Crippen molar-refractivity contribution in [1.29, 1.82) is 0 Å². The fourth-order valence-electron chi connectivity index (χ4n) is 10.3. The summed E-state index contributed by atoms with van der Waals surface area (Å²) in [5.74, 6) is 0. The lowest BCUT2D eigenvalue weighted by molar-refractivity contribution is 0.670. The number of nitrogens with zero attached hydrogens (tertiary/aromatic N) is 2. The largest absolute Gasteiger partial charge is 0.455 e. The van der Waals surface area contributed by atoms with Crippen molar-refractivity contribution in [2.45, 2.75) is 5.41 Å². The van der Waals surface area contributed by atoms with Gasteiger partial charge >= 0.3 is 0 Å². The van der Waals surface area contributed by atoms with Gasteiger partial charge in [0.25, 0.3) is 0 Å². The second-order valence-corrected chi connectivity index (χ2v) is 15.2. The predicted molar refractivity (Wildman–Crippen MR) is 229 cm³/mol. The quantitative estimate of drug-likeness (QED) is 0.168. The molecule has 0 bridgehead atoms. The van der Waals surface area contributed by atoms with Gasteiger partial charge < -0.3 is 4.42 Å². The first-order valence-corrected chi connectivity index (χ1v) is 19.2. The number of hydrogen-bond donors (Lipinski definition) is 0. The number of aromatic nitrogens is 2. The molecule has 2 aliphatic rings. The molecule has 3 heteroatoms. The molecule has 0 aliphatic heterocycles. The molecular formula is C53H30N2O. The number of hydrogen-bond acceptors (Lipinski definition) is 3. The molecule has 0 saturated carbocycles. The molecule has 0 unspecified atom stereocenters. The molecule has 2 aliphatic carbocycles. The average molecular weight is 711 g/mol. The standard InChI is InChI=1S/C53H30N2O/c1-2-14-41-35(10-1)44-28-31(21-25-42(44)51-50(41)54-26-27-55-51)32-20-23-38-39-24-22-33(34-15-9-16-43-40-13-5-8-19-49(40)56-52(34)43)30-48(39)53(47(38)29-32)45-17-6-3-11-36(45)37-12-4-7-18-46(37)53/h1-30H. The molecule has 0 N–H and O–H groups in total. The minimum atomic E-state index is -0.499. The summed E-state index contributed by atoms with van der Waals surface area (Å²) in [6.45, 7) is 0. The second-order valence-electron chi connectivity index (χ2n) is 15.2. The van der Waals surface area contributed by atoms with E-state index in [1.54, 1.807) is 12.4 Å². The lowest BCUT2D eigenvalue weighted by Crippen LogP contribution is -2.26. The lowest BCUT2D eigenvalue weighted by Gasteiger charge is -2.31. The SMILES string of the molecule is c1ccc2c(c1)-c1ccccc1C21c2cc(-c3ccc4c(c3)c3ccccc3c3nccnc43)ccc2-c2ccc(-c3cccc4c3oc3ccccc34)cc21. The fraction of sp³-hybridized carbons (Fsp3) is 0.0189. The molecule has 0 atom stereocenters. The van der Waals surface area contributed by atoms with Gasteiger partial charge in [0.1, 0.15) is 11.2 Å². The van der Waals surface area contributed by atoms with E-state index in [1.165, 1.54) is 66.4 Å². The highest BCUT2D eigenvalue weighted by molar-refractivity contribution is 6.23. The van der Waals surface area contributed by atoms with Crippen molar-refractivity contribution in [1.82, 2.24) is 9.97 Å². The zero-order valence-electron chi connectivity index (χ0n) is 30.1. The molecule has 2 aromatic heterocycles. The monoisotopic (exact) mass is 710 g/mol. The summed E-state index contributed by atoms with van der Waals surface area (Å²) in [4.78, 5) is 9.57. The highest BCUT2D eigenvalue weighted by Gasteiger charge is 2.51. The van der Waals surface area contributed by atoms with Crippen LogP contribution in [0.2, 0.25) is 0 Å². The van der Waals surface area contributed by atoms with Gasteiger partial charge in [-0.2, -0.15) is 0 Å². The highest BCUT2D eigenvalue weighted by atomic mass is 16.3. The molecule has 3 nitrogen and oxygen atoms in total. The van der Waals surface area contributed by atoms with E-state index in [4.69, 9.17) is 14.4 Å². The Labute approximate surface area is 322 Å². The maximum Gasteiger partial charge on any atom is 0.143 e. The summed E-state index contributed by atoms with van der Waals surface area (Å²) in [6, 6.07) is 62.5. The Morgan fingerprint density at radius 2 is 0.857 bits per heavy atom. The zero-order valence-corrected chi connectivity index (χ0v) is 30.1. The van der Waals surface area contributed by atoms with Gasteiger partial charge in [0, 0.05) is 39.5 Å². The fourth-order valence-corrected chi connectivity index (χ4v) is 10.3. The zero-order chi connectivity index (χ0) is 36.5. The third-order valence-corrected chi connectivity index (χ3v) is 12.6. The summed E-state index contributed by atoms with van der Waals surface area (Å²) < 4.78 is 6.59. The van der Waals surface area contributed by atoms with Crippen molar-refractivity contribution >= 4 is 54.5 Å². The van der Waals surface area contributed by atoms with Crippen LogP contribution < -0.4 is 0 Å². The van der Waals surface area contributed by atoms with E-state index in [-0.39, 0.29) is 0 Å². The van der Waals surface area contributed by atoms with Gasteiger partial charge in [-0.1, -0.05) is 146 Å². The summed E-state index contributed by atoms with van der Waals surface area (Å²) >= 11 is 0. The van der Waals surface area contributed by atoms with E-state index in [0.29, 0.717) is 0 Å². The Bertz CT molecular complexity index is 3420. The summed E-state index contributed by atoms with van der Waals surface area (Å²) in [6.07, 6.45) is 3.58. The lowest BCUT2D eigenvalue weighted by atomic mass is 9.70. The molecule has 0 radical (unpaired) electrons. The van der Waals surface area contributed by atoms with E-state index in [9.17, 15) is 0 Å². The van der Waals surface area contributed by atoms with E-state index in [2.05, 4.69) is 164 Å². The molecule has 56 heavy (non-hydrogen) atoms. The van der Waals surface area contributed by atoms with Crippen LogP contribution in [0, 0.1) is 0 Å². The number of furan rings is 1. The molecule has 258 valence electrons. The topological polar surface area (TPSA) is 38.9 Å². The van der Waals surface area contributed by atoms with Gasteiger partial charge in [-0.15, -0.1) is 0 Å². The molecule has 1 spiro atoms. The minimum absolute atomic E-state index is 0.499.